The van der Waals surface area contributed by atoms with Gasteiger partial charge in [-0.2, -0.15) is 0 Å². The molecule has 0 radical (unpaired) electrons. The SMILES string of the molecule is CCC(=O)NCC(N)C(CC)CC. The summed E-state index contributed by atoms with van der Waals surface area (Å²) in [5.74, 6) is 0.610. The fourth-order valence-electron chi connectivity index (χ4n) is 1.42. The lowest BCUT2D eigenvalue weighted by Gasteiger charge is -2.21. The number of hydrogen-bond acceptors (Lipinski definition) is 2. The lowest BCUT2D eigenvalue weighted by atomic mass is 9.95. The molecule has 0 spiro atoms. The Morgan fingerprint density at radius 2 is 1.85 bits per heavy atom. The van der Waals surface area contributed by atoms with E-state index in [-0.39, 0.29) is 11.9 Å². The molecule has 0 aromatic rings. The van der Waals surface area contributed by atoms with Gasteiger partial charge in [-0.05, 0) is 5.92 Å². The van der Waals surface area contributed by atoms with Crippen LogP contribution in [0.15, 0.2) is 0 Å². The number of nitrogens with two attached hydrogens (primary N) is 1. The highest BCUT2D eigenvalue weighted by Crippen LogP contribution is 2.10. The third kappa shape index (κ3) is 4.88. The molecule has 0 aliphatic heterocycles. The number of nitrogens with one attached hydrogen (secondary N) is 1. The Kier molecular flexibility index (Phi) is 6.59. The molecule has 0 saturated carbocycles. The largest absolute Gasteiger partial charge is 0.355 e. The van der Waals surface area contributed by atoms with Gasteiger partial charge in [-0.3, -0.25) is 4.79 Å². The second-order valence-corrected chi connectivity index (χ2v) is 3.40. The van der Waals surface area contributed by atoms with Crippen LogP contribution in [0.3, 0.4) is 0 Å². The highest BCUT2D eigenvalue weighted by Gasteiger charge is 2.13. The lowest BCUT2D eigenvalue weighted by molar-refractivity contribution is -0.120. The van der Waals surface area contributed by atoms with Gasteiger partial charge in [0.2, 0.25) is 5.91 Å². The fraction of sp³-hybridized carbons (Fsp3) is 0.900. The summed E-state index contributed by atoms with van der Waals surface area (Å²) in [4.78, 5) is 10.9. The van der Waals surface area contributed by atoms with E-state index in [1.54, 1.807) is 0 Å². The van der Waals surface area contributed by atoms with E-state index in [1.807, 2.05) is 6.92 Å². The van der Waals surface area contributed by atoms with Gasteiger partial charge in [0.1, 0.15) is 0 Å². The summed E-state index contributed by atoms with van der Waals surface area (Å²) in [6.07, 6.45) is 2.70. The summed E-state index contributed by atoms with van der Waals surface area (Å²) in [6, 6.07) is 0.102. The molecule has 0 rings (SSSR count). The average Bonchev–Trinajstić information content (AvgIpc) is 2.16. The molecule has 0 aliphatic rings. The monoisotopic (exact) mass is 186 g/mol. The summed E-state index contributed by atoms with van der Waals surface area (Å²) in [5.41, 5.74) is 5.93. The van der Waals surface area contributed by atoms with Crippen molar-refractivity contribution in [2.75, 3.05) is 6.54 Å². The summed E-state index contributed by atoms with van der Waals surface area (Å²) in [7, 11) is 0. The van der Waals surface area contributed by atoms with Gasteiger partial charge in [-0.25, -0.2) is 0 Å². The summed E-state index contributed by atoms with van der Waals surface area (Å²) in [5, 5.41) is 2.82. The molecule has 0 aromatic carbocycles. The van der Waals surface area contributed by atoms with Crippen LogP contribution in [-0.4, -0.2) is 18.5 Å². The van der Waals surface area contributed by atoms with E-state index >= 15 is 0 Å². The van der Waals surface area contributed by atoms with Crippen molar-refractivity contribution in [3.63, 3.8) is 0 Å². The Labute approximate surface area is 81.1 Å². The van der Waals surface area contributed by atoms with E-state index in [9.17, 15) is 4.79 Å². The molecule has 0 heterocycles. The molecule has 13 heavy (non-hydrogen) atoms. The highest BCUT2D eigenvalue weighted by atomic mass is 16.1. The quantitative estimate of drug-likeness (QED) is 0.656. The van der Waals surface area contributed by atoms with Crippen molar-refractivity contribution in [1.29, 1.82) is 0 Å². The maximum Gasteiger partial charge on any atom is 0.219 e. The molecule has 3 heteroatoms. The van der Waals surface area contributed by atoms with Crippen LogP contribution in [0.4, 0.5) is 0 Å². The molecule has 0 saturated heterocycles. The first-order valence-corrected chi connectivity index (χ1v) is 5.17. The maximum absolute atomic E-state index is 10.9. The Hall–Kier alpha value is -0.570. The van der Waals surface area contributed by atoms with Gasteiger partial charge in [-0.15, -0.1) is 0 Å². The van der Waals surface area contributed by atoms with E-state index in [4.69, 9.17) is 5.73 Å². The zero-order chi connectivity index (χ0) is 10.3. The molecule has 0 aliphatic carbocycles. The molecule has 1 unspecified atom stereocenters. The average molecular weight is 186 g/mol. The van der Waals surface area contributed by atoms with E-state index in [1.165, 1.54) is 0 Å². The van der Waals surface area contributed by atoms with Crippen LogP contribution < -0.4 is 11.1 Å². The topological polar surface area (TPSA) is 55.1 Å². The molecule has 1 amide bonds. The van der Waals surface area contributed by atoms with Crippen molar-refractivity contribution in [1.82, 2.24) is 5.32 Å². The van der Waals surface area contributed by atoms with Crippen molar-refractivity contribution >= 4 is 5.91 Å². The number of amides is 1. The summed E-state index contributed by atoms with van der Waals surface area (Å²) < 4.78 is 0. The van der Waals surface area contributed by atoms with Crippen molar-refractivity contribution in [2.45, 2.75) is 46.1 Å². The second-order valence-electron chi connectivity index (χ2n) is 3.40. The molecule has 3 N–H and O–H groups in total. The molecule has 3 nitrogen and oxygen atoms in total. The third-order valence-electron chi connectivity index (χ3n) is 2.51. The van der Waals surface area contributed by atoms with Gasteiger partial charge in [0.15, 0.2) is 0 Å². The lowest BCUT2D eigenvalue weighted by Crippen LogP contribution is -2.41. The minimum absolute atomic E-state index is 0.0846. The summed E-state index contributed by atoms with van der Waals surface area (Å²) in [6.45, 7) is 6.72. The molecular formula is C10H22N2O. The van der Waals surface area contributed by atoms with Crippen LogP contribution in [0.5, 0.6) is 0 Å². The van der Waals surface area contributed by atoms with Gasteiger partial charge in [0, 0.05) is 19.0 Å². The zero-order valence-corrected chi connectivity index (χ0v) is 8.97. The van der Waals surface area contributed by atoms with Crippen molar-refractivity contribution < 1.29 is 4.79 Å². The van der Waals surface area contributed by atoms with Crippen LogP contribution in [0.1, 0.15) is 40.0 Å². The molecule has 0 fully saturated rings. The van der Waals surface area contributed by atoms with Gasteiger partial charge in [0.05, 0.1) is 0 Å². The fourth-order valence-corrected chi connectivity index (χ4v) is 1.42. The minimum Gasteiger partial charge on any atom is -0.355 e. The van der Waals surface area contributed by atoms with Crippen LogP contribution in [0.2, 0.25) is 0 Å². The van der Waals surface area contributed by atoms with Crippen molar-refractivity contribution in [3.05, 3.63) is 0 Å². The number of carbonyl (C=O) groups is 1. The van der Waals surface area contributed by atoms with Gasteiger partial charge < -0.3 is 11.1 Å². The van der Waals surface area contributed by atoms with E-state index in [0.29, 0.717) is 18.9 Å². The first-order valence-electron chi connectivity index (χ1n) is 5.17. The Morgan fingerprint density at radius 1 is 1.31 bits per heavy atom. The predicted octanol–water partition coefficient (Wildman–Crippen LogP) is 1.28. The van der Waals surface area contributed by atoms with E-state index < -0.39 is 0 Å². The molecule has 0 bridgehead atoms. The highest BCUT2D eigenvalue weighted by molar-refractivity contribution is 5.75. The third-order valence-corrected chi connectivity index (χ3v) is 2.51. The first kappa shape index (κ1) is 12.4. The predicted molar refractivity (Wildman–Crippen MR) is 55.3 cm³/mol. The summed E-state index contributed by atoms with van der Waals surface area (Å²) >= 11 is 0. The molecule has 0 aromatic heterocycles. The standard InChI is InChI=1S/C10H22N2O/c1-4-8(5-2)9(11)7-12-10(13)6-3/h8-9H,4-7,11H2,1-3H3,(H,12,13). The zero-order valence-electron chi connectivity index (χ0n) is 8.97. The van der Waals surface area contributed by atoms with Crippen molar-refractivity contribution in [2.24, 2.45) is 11.7 Å². The minimum atomic E-state index is 0.0846. The second kappa shape index (κ2) is 6.89. The molecule has 1 atom stereocenters. The number of carbonyl (C=O) groups excluding carboxylic acids is 1. The van der Waals surface area contributed by atoms with Gasteiger partial charge in [-0.1, -0.05) is 33.6 Å². The Bertz CT molecular complexity index is 144. The maximum atomic E-state index is 10.9. The van der Waals surface area contributed by atoms with Crippen LogP contribution >= 0.6 is 0 Å². The van der Waals surface area contributed by atoms with Crippen molar-refractivity contribution in [3.8, 4) is 0 Å². The first-order chi connectivity index (χ1) is 6.15. The Balaban J connectivity index is 3.71. The molecular weight excluding hydrogens is 164 g/mol. The van der Waals surface area contributed by atoms with Crippen LogP contribution in [0.25, 0.3) is 0 Å². The van der Waals surface area contributed by atoms with Crippen LogP contribution in [-0.2, 0) is 4.79 Å². The number of hydrogen-bond donors (Lipinski definition) is 2. The normalized spacial score (nSPS) is 13.0. The smallest absolute Gasteiger partial charge is 0.219 e. The van der Waals surface area contributed by atoms with Gasteiger partial charge >= 0.3 is 0 Å². The molecule has 78 valence electrons. The van der Waals surface area contributed by atoms with E-state index in [0.717, 1.165) is 12.8 Å². The number of rotatable bonds is 6. The van der Waals surface area contributed by atoms with E-state index in [2.05, 4.69) is 19.2 Å². The Morgan fingerprint density at radius 3 is 2.23 bits per heavy atom. The van der Waals surface area contributed by atoms with Gasteiger partial charge in [0.25, 0.3) is 0 Å². The van der Waals surface area contributed by atoms with Crippen LogP contribution in [0, 0.1) is 5.92 Å².